The van der Waals surface area contributed by atoms with Crippen LogP contribution in [-0.4, -0.2) is 74.9 Å². The Kier molecular flexibility index (Phi) is 5.69. The highest BCUT2D eigenvalue weighted by Gasteiger charge is 2.44. The highest BCUT2D eigenvalue weighted by molar-refractivity contribution is 4.98. The lowest BCUT2D eigenvalue weighted by molar-refractivity contribution is 0.00797. The Morgan fingerprint density at radius 2 is 1.81 bits per heavy atom. The molecule has 0 bridgehead atoms. The van der Waals surface area contributed by atoms with Crippen molar-refractivity contribution >= 4 is 0 Å². The molecule has 1 unspecified atom stereocenters. The first-order valence-corrected chi connectivity index (χ1v) is 8.54. The minimum atomic E-state index is -0.0272. The van der Waals surface area contributed by atoms with E-state index in [1.54, 1.807) is 0 Å². The molecule has 4 nitrogen and oxygen atoms in total. The minimum Gasteiger partial charge on any atom is -0.379 e. The fourth-order valence-corrected chi connectivity index (χ4v) is 3.33. The molecule has 0 aromatic heterocycles. The number of ether oxygens (including phenoxy) is 1. The normalized spacial score (nSPS) is 25.0. The monoisotopic (exact) mass is 297 g/mol. The van der Waals surface area contributed by atoms with Gasteiger partial charge in [0.15, 0.2) is 0 Å². The zero-order valence-corrected chi connectivity index (χ0v) is 14.7. The fourth-order valence-electron chi connectivity index (χ4n) is 3.33. The molecule has 0 aromatic carbocycles. The van der Waals surface area contributed by atoms with E-state index < -0.39 is 0 Å². The second-order valence-electron chi connectivity index (χ2n) is 8.03. The highest BCUT2D eigenvalue weighted by atomic mass is 16.5. The van der Waals surface area contributed by atoms with E-state index in [0.29, 0.717) is 11.5 Å². The molecule has 0 aromatic rings. The quantitative estimate of drug-likeness (QED) is 0.739. The van der Waals surface area contributed by atoms with Gasteiger partial charge in [0.25, 0.3) is 0 Å². The Morgan fingerprint density at radius 3 is 2.33 bits per heavy atom. The first-order chi connectivity index (χ1) is 9.84. The number of nitrogens with one attached hydrogen (secondary N) is 1. The van der Waals surface area contributed by atoms with Crippen LogP contribution in [0.25, 0.3) is 0 Å². The van der Waals surface area contributed by atoms with Gasteiger partial charge in [0.1, 0.15) is 0 Å². The lowest BCUT2D eigenvalue weighted by atomic mass is 9.98. The Hall–Kier alpha value is -0.160. The van der Waals surface area contributed by atoms with Crippen LogP contribution in [0.4, 0.5) is 0 Å². The molecule has 124 valence electrons. The highest BCUT2D eigenvalue weighted by Crippen LogP contribution is 2.45. The maximum absolute atomic E-state index is 5.53. The first kappa shape index (κ1) is 17.2. The van der Waals surface area contributed by atoms with Crippen LogP contribution in [0.15, 0.2) is 0 Å². The standard InChI is InChI=1S/C17H35N3O/c1-15(12-16(2,3)21-5)18-13-17(6-7-17)14-20-10-8-19(4)9-11-20/h15,18H,6-14H2,1-5H3. The van der Waals surface area contributed by atoms with Crippen molar-refractivity contribution in [3.63, 3.8) is 0 Å². The molecule has 0 spiro atoms. The number of methoxy groups -OCH3 is 1. The Labute approximate surface area is 131 Å². The smallest absolute Gasteiger partial charge is 0.0637 e. The summed E-state index contributed by atoms with van der Waals surface area (Å²) in [5, 5.41) is 3.76. The van der Waals surface area contributed by atoms with E-state index in [0.717, 1.165) is 6.42 Å². The summed E-state index contributed by atoms with van der Waals surface area (Å²) in [6, 6.07) is 0.518. The van der Waals surface area contributed by atoms with Gasteiger partial charge in [0.05, 0.1) is 5.60 Å². The van der Waals surface area contributed by atoms with E-state index in [9.17, 15) is 0 Å². The van der Waals surface area contributed by atoms with Gasteiger partial charge in [-0.25, -0.2) is 0 Å². The summed E-state index contributed by atoms with van der Waals surface area (Å²) in [4.78, 5) is 5.10. The number of hydrogen-bond donors (Lipinski definition) is 1. The molecule has 1 saturated heterocycles. The molecule has 0 amide bonds. The molecule has 4 heteroatoms. The third-order valence-electron chi connectivity index (χ3n) is 5.29. The van der Waals surface area contributed by atoms with Crippen LogP contribution >= 0.6 is 0 Å². The van der Waals surface area contributed by atoms with E-state index in [1.165, 1.54) is 52.1 Å². The lowest BCUT2D eigenvalue weighted by Gasteiger charge is -2.35. The van der Waals surface area contributed by atoms with Gasteiger partial charge in [0.2, 0.25) is 0 Å². The molecular weight excluding hydrogens is 262 g/mol. The molecule has 0 radical (unpaired) electrons. The van der Waals surface area contributed by atoms with Gasteiger partial charge in [-0.05, 0) is 52.5 Å². The van der Waals surface area contributed by atoms with Gasteiger partial charge in [-0.15, -0.1) is 0 Å². The SMILES string of the molecule is COC(C)(C)CC(C)NCC1(CN2CCN(C)CC2)CC1. The van der Waals surface area contributed by atoms with Crippen LogP contribution in [-0.2, 0) is 4.74 Å². The van der Waals surface area contributed by atoms with Gasteiger partial charge in [-0.2, -0.15) is 0 Å². The zero-order valence-electron chi connectivity index (χ0n) is 14.7. The van der Waals surface area contributed by atoms with Gasteiger partial charge < -0.3 is 19.9 Å². The third kappa shape index (κ3) is 5.51. The van der Waals surface area contributed by atoms with Crippen molar-refractivity contribution < 1.29 is 4.74 Å². The van der Waals surface area contributed by atoms with Gasteiger partial charge >= 0.3 is 0 Å². The molecule has 2 rings (SSSR count). The van der Waals surface area contributed by atoms with Crippen LogP contribution in [0.3, 0.4) is 0 Å². The second kappa shape index (κ2) is 6.95. The maximum atomic E-state index is 5.53. The minimum absolute atomic E-state index is 0.0272. The third-order valence-corrected chi connectivity index (χ3v) is 5.29. The summed E-state index contributed by atoms with van der Waals surface area (Å²) >= 11 is 0. The van der Waals surface area contributed by atoms with E-state index >= 15 is 0 Å². The van der Waals surface area contributed by atoms with Gasteiger partial charge in [-0.1, -0.05) is 0 Å². The summed E-state index contributed by atoms with van der Waals surface area (Å²) in [6.45, 7) is 14.0. The van der Waals surface area contributed by atoms with Crippen LogP contribution in [0, 0.1) is 5.41 Å². The van der Waals surface area contributed by atoms with E-state index in [2.05, 4.69) is 42.9 Å². The molecule has 1 saturated carbocycles. The predicted octanol–water partition coefficient (Wildman–Crippen LogP) is 1.81. The molecule has 1 heterocycles. The van der Waals surface area contributed by atoms with Crippen LogP contribution in [0.5, 0.6) is 0 Å². The number of rotatable bonds is 8. The Morgan fingerprint density at radius 1 is 1.19 bits per heavy atom. The fraction of sp³-hybridized carbons (Fsp3) is 1.00. The molecule has 2 fully saturated rings. The molecule has 2 aliphatic rings. The van der Waals surface area contributed by atoms with Crippen molar-refractivity contribution in [1.29, 1.82) is 0 Å². The molecular formula is C17H35N3O. The van der Waals surface area contributed by atoms with Crippen molar-refractivity contribution in [1.82, 2.24) is 15.1 Å². The predicted molar refractivity (Wildman–Crippen MR) is 88.8 cm³/mol. The summed E-state index contributed by atoms with van der Waals surface area (Å²) < 4.78 is 5.53. The summed E-state index contributed by atoms with van der Waals surface area (Å²) in [5.41, 5.74) is 0.530. The molecule has 1 aliphatic carbocycles. The van der Waals surface area contributed by atoms with E-state index in [-0.39, 0.29) is 5.60 Å². The number of hydrogen-bond acceptors (Lipinski definition) is 4. The molecule has 21 heavy (non-hydrogen) atoms. The average Bonchev–Trinajstić information content (AvgIpc) is 3.19. The van der Waals surface area contributed by atoms with Crippen LogP contribution < -0.4 is 5.32 Å². The average molecular weight is 297 g/mol. The lowest BCUT2D eigenvalue weighted by Crippen LogP contribution is -2.48. The van der Waals surface area contributed by atoms with Crippen molar-refractivity contribution in [3.05, 3.63) is 0 Å². The molecule has 1 N–H and O–H groups in total. The first-order valence-electron chi connectivity index (χ1n) is 8.54. The summed E-state index contributed by atoms with van der Waals surface area (Å²) in [5.74, 6) is 0. The Bertz CT molecular complexity index is 320. The molecule has 1 aliphatic heterocycles. The van der Waals surface area contributed by atoms with Gasteiger partial charge in [-0.3, -0.25) is 0 Å². The summed E-state index contributed by atoms with van der Waals surface area (Å²) in [6.07, 6.45) is 3.85. The summed E-state index contributed by atoms with van der Waals surface area (Å²) in [7, 11) is 4.04. The van der Waals surface area contributed by atoms with Crippen molar-refractivity contribution in [2.45, 2.75) is 51.7 Å². The topological polar surface area (TPSA) is 27.7 Å². The van der Waals surface area contributed by atoms with Crippen LogP contribution in [0.2, 0.25) is 0 Å². The van der Waals surface area contributed by atoms with Crippen molar-refractivity contribution in [2.24, 2.45) is 5.41 Å². The van der Waals surface area contributed by atoms with E-state index in [4.69, 9.17) is 4.74 Å². The molecule has 1 atom stereocenters. The van der Waals surface area contributed by atoms with Crippen LogP contribution in [0.1, 0.15) is 40.0 Å². The number of likely N-dealkylation sites (N-methyl/N-ethyl adjacent to an activating group) is 1. The largest absolute Gasteiger partial charge is 0.379 e. The zero-order chi connectivity index (χ0) is 15.5. The number of nitrogens with zero attached hydrogens (tertiary/aromatic N) is 2. The van der Waals surface area contributed by atoms with Crippen molar-refractivity contribution in [2.75, 3.05) is 53.4 Å². The Balaban J connectivity index is 1.70. The number of piperazine rings is 1. The maximum Gasteiger partial charge on any atom is 0.0637 e. The van der Waals surface area contributed by atoms with Gasteiger partial charge in [0, 0.05) is 52.4 Å². The van der Waals surface area contributed by atoms with E-state index in [1.807, 2.05) is 7.11 Å². The second-order valence-corrected chi connectivity index (χ2v) is 8.03. The van der Waals surface area contributed by atoms with Crippen molar-refractivity contribution in [3.8, 4) is 0 Å².